The average Bonchev–Trinajstić information content (AvgIpc) is 3.22. The predicted molar refractivity (Wildman–Crippen MR) is 84.6 cm³/mol. The van der Waals surface area contributed by atoms with Crippen LogP contribution in [0.1, 0.15) is 29.4 Å². The molecular formula is C19H15NO2. The molecule has 3 aliphatic carbocycles. The average molecular weight is 289 g/mol. The van der Waals surface area contributed by atoms with E-state index in [2.05, 4.69) is 23.6 Å². The van der Waals surface area contributed by atoms with E-state index >= 15 is 0 Å². The smallest absolute Gasteiger partial charge is 0.236 e. The van der Waals surface area contributed by atoms with Crippen LogP contribution in [0.4, 0.5) is 0 Å². The van der Waals surface area contributed by atoms with Crippen molar-refractivity contribution < 1.29 is 9.59 Å². The van der Waals surface area contributed by atoms with Crippen LogP contribution in [0.15, 0.2) is 42.0 Å². The second kappa shape index (κ2) is 3.86. The highest BCUT2D eigenvalue weighted by Crippen LogP contribution is 2.53. The van der Waals surface area contributed by atoms with Gasteiger partial charge in [-0.15, -0.1) is 0 Å². The molecule has 0 aliphatic heterocycles. The van der Waals surface area contributed by atoms with Crippen LogP contribution in [0, 0.1) is 11.8 Å². The summed E-state index contributed by atoms with van der Waals surface area (Å²) in [4.78, 5) is 25.4. The van der Waals surface area contributed by atoms with Gasteiger partial charge in [0, 0.05) is 34.9 Å². The van der Waals surface area contributed by atoms with Crippen molar-refractivity contribution in [2.24, 2.45) is 11.8 Å². The molecular weight excluding hydrogens is 274 g/mol. The molecule has 0 saturated heterocycles. The fourth-order valence-electron chi connectivity index (χ4n) is 4.50. The Balaban J connectivity index is 1.96. The molecule has 1 aromatic carbocycles. The second-order valence-electron chi connectivity index (χ2n) is 6.30. The molecule has 2 bridgehead atoms. The zero-order chi connectivity index (χ0) is 15.0. The monoisotopic (exact) mass is 289 g/mol. The third-order valence-electron chi connectivity index (χ3n) is 5.34. The number of Topliss-reactive ketones (excluding diaryl/α,β-unsaturated/α-hetero) is 2. The SMILES string of the molecule is CCn1c2c(c3ccccc31)C(=O)C(=O)C1=C2[C@H]2C=C[C@@H]1C2. The van der Waals surface area contributed by atoms with Crippen molar-refractivity contribution in [3.63, 3.8) is 0 Å². The summed E-state index contributed by atoms with van der Waals surface area (Å²) in [6, 6.07) is 7.92. The maximum atomic E-state index is 12.8. The van der Waals surface area contributed by atoms with E-state index in [0.717, 1.165) is 40.7 Å². The first-order chi connectivity index (χ1) is 10.7. The second-order valence-corrected chi connectivity index (χ2v) is 6.30. The molecule has 3 heteroatoms. The molecule has 0 saturated carbocycles. The van der Waals surface area contributed by atoms with Crippen molar-refractivity contribution in [2.45, 2.75) is 19.9 Å². The van der Waals surface area contributed by atoms with Gasteiger partial charge in [-0.3, -0.25) is 9.59 Å². The van der Waals surface area contributed by atoms with Gasteiger partial charge in [0.25, 0.3) is 0 Å². The Morgan fingerprint density at radius 2 is 1.77 bits per heavy atom. The third-order valence-corrected chi connectivity index (χ3v) is 5.34. The highest BCUT2D eigenvalue weighted by atomic mass is 16.2. The number of para-hydroxylation sites is 1. The number of aryl methyl sites for hydroxylation is 1. The Morgan fingerprint density at radius 3 is 2.55 bits per heavy atom. The molecule has 2 aromatic rings. The van der Waals surface area contributed by atoms with E-state index in [-0.39, 0.29) is 17.5 Å². The molecule has 22 heavy (non-hydrogen) atoms. The van der Waals surface area contributed by atoms with Crippen LogP contribution in [-0.4, -0.2) is 16.1 Å². The summed E-state index contributed by atoms with van der Waals surface area (Å²) in [5.41, 5.74) is 4.56. The fourth-order valence-corrected chi connectivity index (χ4v) is 4.50. The number of carbonyl (C=O) groups excluding carboxylic acids is 2. The molecule has 0 spiro atoms. The molecule has 0 amide bonds. The largest absolute Gasteiger partial charge is 0.340 e. The van der Waals surface area contributed by atoms with E-state index in [9.17, 15) is 9.59 Å². The van der Waals surface area contributed by atoms with E-state index in [1.165, 1.54) is 0 Å². The van der Waals surface area contributed by atoms with Gasteiger partial charge in [-0.25, -0.2) is 0 Å². The van der Waals surface area contributed by atoms with Gasteiger partial charge < -0.3 is 4.57 Å². The summed E-state index contributed by atoms with van der Waals surface area (Å²) in [6.45, 7) is 2.89. The summed E-state index contributed by atoms with van der Waals surface area (Å²) in [7, 11) is 0. The van der Waals surface area contributed by atoms with Gasteiger partial charge in [-0.1, -0.05) is 30.4 Å². The molecule has 0 radical (unpaired) electrons. The summed E-state index contributed by atoms with van der Waals surface area (Å²) < 4.78 is 2.21. The van der Waals surface area contributed by atoms with Crippen LogP contribution < -0.4 is 0 Å². The van der Waals surface area contributed by atoms with Gasteiger partial charge in [-0.05, 0) is 25.0 Å². The number of hydrogen-bond donors (Lipinski definition) is 0. The topological polar surface area (TPSA) is 39.1 Å². The number of aromatic nitrogens is 1. The van der Waals surface area contributed by atoms with Crippen molar-refractivity contribution >= 4 is 28.0 Å². The third kappa shape index (κ3) is 1.20. The Kier molecular flexibility index (Phi) is 2.13. The Labute approximate surface area is 127 Å². The Bertz CT molecular complexity index is 942. The van der Waals surface area contributed by atoms with E-state index < -0.39 is 0 Å². The lowest BCUT2D eigenvalue weighted by molar-refractivity contribution is -0.112. The lowest BCUT2D eigenvalue weighted by atomic mass is 9.82. The standard InChI is InChI=1S/C19H15NO2/c1-2-20-13-6-4-3-5-12(13)16-17(20)14-10-7-8-11(9-10)15(14)18(21)19(16)22/h3-8,10-11H,2,9H2,1H3/t10-,11+/m0/s1. The minimum absolute atomic E-state index is 0.146. The van der Waals surface area contributed by atoms with Crippen LogP contribution >= 0.6 is 0 Å². The lowest BCUT2D eigenvalue weighted by Crippen LogP contribution is -2.26. The minimum atomic E-state index is -0.321. The number of ketones is 2. The van der Waals surface area contributed by atoms with Crippen molar-refractivity contribution in [1.82, 2.24) is 4.57 Å². The number of nitrogens with zero attached hydrogens (tertiary/aromatic N) is 1. The zero-order valence-corrected chi connectivity index (χ0v) is 12.3. The van der Waals surface area contributed by atoms with Gasteiger partial charge in [-0.2, -0.15) is 0 Å². The van der Waals surface area contributed by atoms with Gasteiger partial charge in [0.1, 0.15) is 0 Å². The predicted octanol–water partition coefficient (Wildman–Crippen LogP) is 3.39. The molecule has 108 valence electrons. The molecule has 5 rings (SSSR count). The summed E-state index contributed by atoms with van der Waals surface area (Å²) in [5.74, 6) is -0.158. The molecule has 0 unspecified atom stereocenters. The van der Waals surface area contributed by atoms with Gasteiger partial charge >= 0.3 is 0 Å². The van der Waals surface area contributed by atoms with Crippen molar-refractivity contribution in [1.29, 1.82) is 0 Å². The lowest BCUT2D eigenvalue weighted by Gasteiger charge is -2.22. The first-order valence-corrected chi connectivity index (χ1v) is 7.85. The number of hydrogen-bond acceptors (Lipinski definition) is 2. The highest BCUT2D eigenvalue weighted by molar-refractivity contribution is 6.54. The highest BCUT2D eigenvalue weighted by Gasteiger charge is 2.47. The van der Waals surface area contributed by atoms with E-state index in [1.807, 2.05) is 24.3 Å². The summed E-state index contributed by atoms with van der Waals surface area (Å²) in [5, 5.41) is 0.913. The van der Waals surface area contributed by atoms with Crippen LogP contribution in [0.5, 0.6) is 0 Å². The number of allylic oxidation sites excluding steroid dienone is 4. The maximum Gasteiger partial charge on any atom is 0.236 e. The van der Waals surface area contributed by atoms with Gasteiger partial charge in [0.15, 0.2) is 0 Å². The van der Waals surface area contributed by atoms with E-state index in [0.29, 0.717) is 11.5 Å². The van der Waals surface area contributed by atoms with E-state index in [1.54, 1.807) is 0 Å². The summed E-state index contributed by atoms with van der Waals surface area (Å²) >= 11 is 0. The first kappa shape index (κ1) is 12.2. The first-order valence-electron chi connectivity index (χ1n) is 7.85. The molecule has 3 aliphatic rings. The Hall–Kier alpha value is -2.42. The van der Waals surface area contributed by atoms with Crippen LogP contribution in [0.3, 0.4) is 0 Å². The zero-order valence-electron chi connectivity index (χ0n) is 12.3. The molecule has 2 atom stereocenters. The van der Waals surface area contributed by atoms with E-state index in [4.69, 9.17) is 0 Å². The van der Waals surface area contributed by atoms with Crippen molar-refractivity contribution in [3.8, 4) is 0 Å². The fraction of sp³-hybridized carbons (Fsp3) is 0.263. The minimum Gasteiger partial charge on any atom is -0.340 e. The number of carbonyl (C=O) groups is 2. The number of benzene rings is 1. The van der Waals surface area contributed by atoms with Gasteiger partial charge in [0.2, 0.25) is 11.6 Å². The summed E-state index contributed by atoms with van der Waals surface area (Å²) in [6.07, 6.45) is 5.25. The molecule has 1 aromatic heterocycles. The number of rotatable bonds is 1. The molecule has 3 nitrogen and oxygen atoms in total. The molecule has 1 heterocycles. The van der Waals surface area contributed by atoms with Crippen LogP contribution in [0.2, 0.25) is 0 Å². The Morgan fingerprint density at radius 1 is 1.05 bits per heavy atom. The van der Waals surface area contributed by atoms with Crippen molar-refractivity contribution in [3.05, 3.63) is 53.2 Å². The van der Waals surface area contributed by atoms with Crippen LogP contribution in [-0.2, 0) is 11.3 Å². The number of fused-ring (bicyclic) bond motifs is 8. The molecule has 0 N–H and O–H groups in total. The normalized spacial score (nSPS) is 25.3. The quantitative estimate of drug-likeness (QED) is 0.596. The van der Waals surface area contributed by atoms with Crippen LogP contribution in [0.25, 0.3) is 16.5 Å². The molecule has 0 fully saturated rings. The maximum absolute atomic E-state index is 12.8. The van der Waals surface area contributed by atoms with Crippen molar-refractivity contribution in [2.75, 3.05) is 0 Å². The van der Waals surface area contributed by atoms with Gasteiger partial charge in [0.05, 0.1) is 11.3 Å².